The van der Waals surface area contributed by atoms with Gasteiger partial charge in [0.25, 0.3) is 0 Å². The molecular formula is C16H30N4O. The van der Waals surface area contributed by atoms with Crippen molar-refractivity contribution >= 4 is 0 Å². The van der Waals surface area contributed by atoms with E-state index in [2.05, 4.69) is 48.1 Å². The lowest BCUT2D eigenvalue weighted by molar-refractivity contribution is 0.180. The predicted octanol–water partition coefficient (Wildman–Crippen LogP) is 2.58. The molecule has 0 saturated carbocycles. The second-order valence-electron chi connectivity index (χ2n) is 7.21. The van der Waals surface area contributed by atoms with Gasteiger partial charge in [-0.3, -0.25) is 4.90 Å². The van der Waals surface area contributed by atoms with Gasteiger partial charge in [-0.25, -0.2) is 0 Å². The molecule has 1 N–H and O–H groups in total. The third-order valence-electron chi connectivity index (χ3n) is 3.95. The van der Waals surface area contributed by atoms with Crippen molar-refractivity contribution in [2.24, 2.45) is 5.92 Å². The fourth-order valence-corrected chi connectivity index (χ4v) is 2.81. The fourth-order valence-electron chi connectivity index (χ4n) is 2.81. The molecule has 21 heavy (non-hydrogen) atoms. The topological polar surface area (TPSA) is 54.2 Å². The molecule has 0 radical (unpaired) electrons. The van der Waals surface area contributed by atoms with Crippen LogP contribution in [0, 0.1) is 5.92 Å². The summed E-state index contributed by atoms with van der Waals surface area (Å²) in [5.74, 6) is 2.29. The van der Waals surface area contributed by atoms with Gasteiger partial charge in [-0.15, -0.1) is 0 Å². The number of aromatic nitrogens is 2. The maximum atomic E-state index is 5.44. The summed E-state index contributed by atoms with van der Waals surface area (Å²) >= 11 is 0. The molecular weight excluding hydrogens is 264 g/mol. The summed E-state index contributed by atoms with van der Waals surface area (Å²) in [6, 6.07) is 0. The molecule has 0 aliphatic carbocycles. The van der Waals surface area contributed by atoms with Gasteiger partial charge < -0.3 is 9.84 Å². The van der Waals surface area contributed by atoms with Gasteiger partial charge in [-0.2, -0.15) is 4.98 Å². The van der Waals surface area contributed by atoms with Crippen LogP contribution < -0.4 is 5.32 Å². The molecule has 2 heterocycles. The molecule has 1 atom stereocenters. The molecule has 5 nitrogen and oxygen atoms in total. The molecule has 0 bridgehead atoms. The van der Waals surface area contributed by atoms with E-state index in [-0.39, 0.29) is 5.41 Å². The van der Waals surface area contributed by atoms with Crippen LogP contribution >= 0.6 is 0 Å². The predicted molar refractivity (Wildman–Crippen MR) is 84.2 cm³/mol. The van der Waals surface area contributed by atoms with Crippen LogP contribution in [0.1, 0.15) is 58.7 Å². The number of nitrogens with one attached hydrogen (secondary N) is 1. The highest BCUT2D eigenvalue weighted by atomic mass is 16.5. The largest absolute Gasteiger partial charge is 0.338 e. The van der Waals surface area contributed by atoms with Crippen LogP contribution in [0.5, 0.6) is 0 Å². The van der Waals surface area contributed by atoms with Crippen LogP contribution in [0.25, 0.3) is 0 Å². The van der Waals surface area contributed by atoms with Crippen molar-refractivity contribution in [2.75, 3.05) is 26.2 Å². The molecule has 5 heteroatoms. The molecule has 120 valence electrons. The van der Waals surface area contributed by atoms with Crippen molar-refractivity contribution in [3.63, 3.8) is 0 Å². The van der Waals surface area contributed by atoms with Gasteiger partial charge in [0.15, 0.2) is 5.82 Å². The van der Waals surface area contributed by atoms with Gasteiger partial charge in [0.05, 0.1) is 6.54 Å². The van der Waals surface area contributed by atoms with Crippen molar-refractivity contribution in [2.45, 2.75) is 58.9 Å². The minimum Gasteiger partial charge on any atom is -0.338 e. The zero-order chi connectivity index (χ0) is 15.3. The normalized spacial score (nSPS) is 20.1. The van der Waals surface area contributed by atoms with Gasteiger partial charge in [0, 0.05) is 12.0 Å². The van der Waals surface area contributed by atoms with Gasteiger partial charge >= 0.3 is 0 Å². The Balaban J connectivity index is 1.93. The third kappa shape index (κ3) is 5.08. The van der Waals surface area contributed by atoms with E-state index in [1.165, 1.54) is 19.4 Å². The molecule has 1 aromatic heterocycles. The van der Waals surface area contributed by atoms with Crippen molar-refractivity contribution in [3.05, 3.63) is 11.7 Å². The Bertz CT molecular complexity index is 418. The van der Waals surface area contributed by atoms with E-state index in [1.54, 1.807) is 0 Å². The molecule has 1 aliphatic rings. The molecule has 0 spiro atoms. The van der Waals surface area contributed by atoms with Crippen LogP contribution in [0.4, 0.5) is 0 Å². The van der Waals surface area contributed by atoms with Crippen LogP contribution in [0.15, 0.2) is 4.52 Å². The smallest absolute Gasteiger partial charge is 0.240 e. The first kappa shape index (κ1) is 16.4. The van der Waals surface area contributed by atoms with E-state index in [0.717, 1.165) is 50.2 Å². The van der Waals surface area contributed by atoms with Gasteiger partial charge in [-0.1, -0.05) is 32.9 Å². The molecule has 0 aromatic carbocycles. The van der Waals surface area contributed by atoms with E-state index in [1.807, 2.05) is 0 Å². The van der Waals surface area contributed by atoms with E-state index < -0.39 is 0 Å². The maximum absolute atomic E-state index is 5.44. The Morgan fingerprint density at radius 2 is 2.19 bits per heavy atom. The molecule has 1 unspecified atom stereocenters. The quantitative estimate of drug-likeness (QED) is 0.874. The Kier molecular flexibility index (Phi) is 5.76. The maximum Gasteiger partial charge on any atom is 0.240 e. The van der Waals surface area contributed by atoms with Crippen LogP contribution in [-0.2, 0) is 12.0 Å². The molecule has 1 aromatic rings. The first-order valence-corrected chi connectivity index (χ1v) is 8.25. The number of hydrogen-bond donors (Lipinski definition) is 1. The van der Waals surface area contributed by atoms with Gasteiger partial charge in [-0.05, 0) is 44.8 Å². The van der Waals surface area contributed by atoms with E-state index in [9.17, 15) is 0 Å². The highest BCUT2D eigenvalue weighted by Gasteiger charge is 2.23. The number of nitrogens with zero attached hydrogens (tertiary/aromatic N) is 3. The highest BCUT2D eigenvalue weighted by Crippen LogP contribution is 2.19. The molecule has 1 saturated heterocycles. The van der Waals surface area contributed by atoms with E-state index in [0.29, 0.717) is 0 Å². The SMILES string of the molecule is CCCN(Cc1nc(C(C)(C)C)no1)CC1CCCNC1. The first-order valence-electron chi connectivity index (χ1n) is 8.25. The van der Waals surface area contributed by atoms with Crippen molar-refractivity contribution in [1.29, 1.82) is 0 Å². The molecule has 1 aliphatic heterocycles. The number of piperidine rings is 1. The van der Waals surface area contributed by atoms with Crippen LogP contribution in [0.3, 0.4) is 0 Å². The summed E-state index contributed by atoms with van der Waals surface area (Å²) in [7, 11) is 0. The fraction of sp³-hybridized carbons (Fsp3) is 0.875. The Hall–Kier alpha value is -0.940. The summed E-state index contributed by atoms with van der Waals surface area (Å²) < 4.78 is 5.44. The summed E-state index contributed by atoms with van der Waals surface area (Å²) in [6.07, 6.45) is 3.77. The van der Waals surface area contributed by atoms with Crippen LogP contribution in [-0.4, -0.2) is 41.2 Å². The zero-order valence-corrected chi connectivity index (χ0v) is 14.0. The highest BCUT2D eigenvalue weighted by molar-refractivity contribution is 4.99. The van der Waals surface area contributed by atoms with Crippen molar-refractivity contribution in [3.8, 4) is 0 Å². The Morgan fingerprint density at radius 3 is 2.76 bits per heavy atom. The van der Waals surface area contributed by atoms with Gasteiger partial charge in [0.2, 0.25) is 5.89 Å². The third-order valence-corrected chi connectivity index (χ3v) is 3.95. The number of rotatable bonds is 6. The summed E-state index contributed by atoms with van der Waals surface area (Å²) in [4.78, 5) is 7.02. The lowest BCUT2D eigenvalue weighted by atomic mass is 9.96. The summed E-state index contributed by atoms with van der Waals surface area (Å²) in [5.41, 5.74) is -0.0510. The first-order chi connectivity index (χ1) is 9.99. The lowest BCUT2D eigenvalue weighted by Gasteiger charge is -2.29. The monoisotopic (exact) mass is 294 g/mol. The second kappa shape index (κ2) is 7.36. The standard InChI is InChI=1S/C16H30N4O/c1-5-9-20(11-13-7-6-8-17-10-13)12-14-18-15(19-21-14)16(2,3)4/h13,17H,5-12H2,1-4H3. The van der Waals surface area contributed by atoms with E-state index in [4.69, 9.17) is 4.52 Å². The summed E-state index contributed by atoms with van der Waals surface area (Å²) in [6.45, 7) is 13.8. The second-order valence-corrected chi connectivity index (χ2v) is 7.21. The van der Waals surface area contributed by atoms with Crippen molar-refractivity contribution in [1.82, 2.24) is 20.4 Å². The minimum absolute atomic E-state index is 0.0510. The average Bonchev–Trinajstić information content (AvgIpc) is 2.89. The van der Waals surface area contributed by atoms with E-state index >= 15 is 0 Å². The molecule has 2 rings (SSSR count). The zero-order valence-electron chi connectivity index (χ0n) is 14.0. The summed E-state index contributed by atoms with van der Waals surface area (Å²) in [5, 5.41) is 7.61. The Labute approximate surface area is 128 Å². The average molecular weight is 294 g/mol. The molecule has 1 fully saturated rings. The van der Waals surface area contributed by atoms with Gasteiger partial charge in [0.1, 0.15) is 0 Å². The Morgan fingerprint density at radius 1 is 1.38 bits per heavy atom. The lowest BCUT2D eigenvalue weighted by Crippen LogP contribution is -2.38. The minimum atomic E-state index is -0.0510. The van der Waals surface area contributed by atoms with Crippen LogP contribution in [0.2, 0.25) is 0 Å². The molecule has 0 amide bonds. The van der Waals surface area contributed by atoms with Crippen molar-refractivity contribution < 1.29 is 4.52 Å². The number of hydrogen-bond acceptors (Lipinski definition) is 5.